The third-order valence-corrected chi connectivity index (χ3v) is 9.16. The van der Waals surface area contributed by atoms with Gasteiger partial charge in [-0.15, -0.1) is 0 Å². The van der Waals surface area contributed by atoms with E-state index in [0.29, 0.717) is 24.5 Å². The zero-order chi connectivity index (χ0) is 23.6. The number of sulfonamides is 1. The molecule has 1 atom stereocenters. The zero-order valence-corrected chi connectivity index (χ0v) is 19.9. The molecule has 10 heteroatoms. The molecule has 8 nitrogen and oxygen atoms in total. The number of sulfone groups is 1. The number of hydrogen-bond donors (Lipinski definition) is 0. The number of amides is 1. The first kappa shape index (κ1) is 23.5. The normalized spacial score (nSPS) is 20.5. The molecule has 0 saturated carbocycles. The van der Waals surface area contributed by atoms with Crippen molar-refractivity contribution >= 4 is 31.5 Å². The van der Waals surface area contributed by atoms with Crippen molar-refractivity contribution < 1.29 is 26.4 Å². The van der Waals surface area contributed by atoms with Gasteiger partial charge in [0, 0.05) is 29.7 Å². The fourth-order valence-corrected chi connectivity index (χ4v) is 6.87. The van der Waals surface area contributed by atoms with Crippen molar-refractivity contribution in [2.75, 3.05) is 30.9 Å². The smallest absolute Gasteiger partial charge is 0.258 e. The topological polar surface area (TPSA) is 101 Å². The molecule has 176 valence electrons. The maximum Gasteiger partial charge on any atom is 0.258 e. The molecule has 1 saturated heterocycles. The summed E-state index contributed by atoms with van der Waals surface area (Å²) in [4.78, 5) is 15.0. The number of rotatable bonds is 6. The van der Waals surface area contributed by atoms with Crippen LogP contribution in [0.4, 0.5) is 5.69 Å². The average Bonchev–Trinajstić information content (AvgIpc) is 3.19. The van der Waals surface area contributed by atoms with E-state index in [2.05, 4.69) is 0 Å². The van der Waals surface area contributed by atoms with Crippen molar-refractivity contribution in [2.24, 2.45) is 0 Å². The average molecular weight is 491 g/mol. The highest BCUT2D eigenvalue weighted by Crippen LogP contribution is 2.28. The Kier molecular flexibility index (Phi) is 6.60. The summed E-state index contributed by atoms with van der Waals surface area (Å²) in [6.45, 7) is 0.994. The molecule has 0 unspecified atom stereocenters. The minimum absolute atomic E-state index is 0.139. The minimum Gasteiger partial charge on any atom is -0.497 e. The highest BCUT2D eigenvalue weighted by Gasteiger charge is 2.32. The summed E-state index contributed by atoms with van der Waals surface area (Å²) in [5.74, 6) is -0.0338. The molecule has 4 rings (SSSR count). The number of carbonyl (C=O) groups excluding carboxylic acids is 1. The maximum absolute atomic E-state index is 13.5. The second-order valence-corrected chi connectivity index (χ2v) is 12.0. The van der Waals surface area contributed by atoms with E-state index in [4.69, 9.17) is 4.74 Å². The van der Waals surface area contributed by atoms with Crippen LogP contribution in [0.3, 0.4) is 0 Å². The van der Waals surface area contributed by atoms with Crippen molar-refractivity contribution in [2.45, 2.75) is 30.2 Å². The molecule has 0 N–H and O–H groups in total. The van der Waals surface area contributed by atoms with Gasteiger partial charge in [-0.25, -0.2) is 16.8 Å². The predicted molar refractivity (Wildman–Crippen MR) is 126 cm³/mol. The SMILES string of the molecule is COc1ccc(N(C(=O)c2ccc(S(=O)(=O)N3CCCCC3)cc2)[C@H]2C=CS(=O)(=O)C2)cc1. The number of anilines is 1. The van der Waals surface area contributed by atoms with Crippen LogP contribution in [0.5, 0.6) is 5.75 Å². The van der Waals surface area contributed by atoms with Gasteiger partial charge < -0.3 is 9.64 Å². The lowest BCUT2D eigenvalue weighted by Gasteiger charge is -2.28. The number of carbonyl (C=O) groups is 1. The molecule has 2 aliphatic heterocycles. The third kappa shape index (κ3) is 4.97. The zero-order valence-electron chi connectivity index (χ0n) is 18.3. The van der Waals surface area contributed by atoms with E-state index in [1.54, 1.807) is 24.3 Å². The predicted octanol–water partition coefficient (Wildman–Crippen LogP) is 2.83. The van der Waals surface area contributed by atoms with Crippen LogP contribution in [-0.4, -0.2) is 59.0 Å². The molecule has 2 aromatic carbocycles. The van der Waals surface area contributed by atoms with Crippen molar-refractivity contribution in [1.82, 2.24) is 4.31 Å². The van der Waals surface area contributed by atoms with Crippen LogP contribution in [0.15, 0.2) is 64.9 Å². The Morgan fingerprint density at radius 2 is 1.64 bits per heavy atom. The molecule has 0 aromatic heterocycles. The molecule has 2 heterocycles. The summed E-state index contributed by atoms with van der Waals surface area (Å²) in [6.07, 6.45) is 4.19. The van der Waals surface area contributed by atoms with Gasteiger partial charge in [-0.2, -0.15) is 4.31 Å². The van der Waals surface area contributed by atoms with E-state index in [1.807, 2.05) is 0 Å². The summed E-state index contributed by atoms with van der Waals surface area (Å²) in [5, 5.41) is 1.12. The number of ether oxygens (including phenoxy) is 1. The van der Waals surface area contributed by atoms with Gasteiger partial charge in [-0.05, 0) is 67.4 Å². The molecule has 0 bridgehead atoms. The van der Waals surface area contributed by atoms with E-state index in [9.17, 15) is 21.6 Å². The summed E-state index contributed by atoms with van der Waals surface area (Å²) in [5.41, 5.74) is 0.777. The van der Waals surface area contributed by atoms with Crippen LogP contribution in [0, 0.1) is 0 Å². The van der Waals surface area contributed by atoms with Crippen molar-refractivity contribution in [1.29, 1.82) is 0 Å². The van der Waals surface area contributed by atoms with Gasteiger partial charge in [-0.3, -0.25) is 4.79 Å². The van der Waals surface area contributed by atoms with Crippen LogP contribution in [-0.2, 0) is 19.9 Å². The number of benzene rings is 2. The van der Waals surface area contributed by atoms with E-state index in [1.165, 1.54) is 46.7 Å². The van der Waals surface area contributed by atoms with Crippen LogP contribution in [0.1, 0.15) is 29.6 Å². The first-order valence-corrected chi connectivity index (χ1v) is 13.9. The summed E-state index contributed by atoms with van der Waals surface area (Å²) < 4.78 is 56.5. The van der Waals surface area contributed by atoms with E-state index in [-0.39, 0.29) is 16.2 Å². The van der Waals surface area contributed by atoms with Crippen LogP contribution >= 0.6 is 0 Å². The van der Waals surface area contributed by atoms with Crippen molar-refractivity contribution in [3.05, 3.63) is 65.6 Å². The molecule has 1 amide bonds. The first-order chi connectivity index (χ1) is 15.7. The second kappa shape index (κ2) is 9.28. The van der Waals surface area contributed by atoms with Crippen LogP contribution < -0.4 is 9.64 Å². The standard InChI is InChI=1S/C23H26N2O6S2/c1-31-21-9-7-19(8-10-21)25(20-13-16-32(27,28)17-20)23(26)18-5-11-22(12-6-18)33(29,30)24-14-3-2-4-15-24/h5-13,16,20H,2-4,14-15,17H2,1H3/t20-/m0/s1. The lowest BCUT2D eigenvalue weighted by Crippen LogP contribution is -2.41. The van der Waals surface area contributed by atoms with Crippen molar-refractivity contribution in [3.8, 4) is 5.75 Å². The van der Waals surface area contributed by atoms with Gasteiger partial charge in [-0.1, -0.05) is 6.42 Å². The summed E-state index contributed by atoms with van der Waals surface area (Å²) in [7, 11) is -5.48. The number of hydrogen-bond acceptors (Lipinski definition) is 6. The van der Waals surface area contributed by atoms with Crippen molar-refractivity contribution in [3.63, 3.8) is 0 Å². The van der Waals surface area contributed by atoms with Crippen LogP contribution in [0.2, 0.25) is 0 Å². The molecule has 0 radical (unpaired) electrons. The molecule has 1 fully saturated rings. The van der Waals surface area contributed by atoms with Gasteiger partial charge in [0.2, 0.25) is 10.0 Å². The Balaban J connectivity index is 1.64. The fourth-order valence-electron chi connectivity index (χ4n) is 4.09. The Hall–Kier alpha value is -2.69. The largest absolute Gasteiger partial charge is 0.497 e. The lowest BCUT2D eigenvalue weighted by atomic mass is 10.1. The first-order valence-electron chi connectivity index (χ1n) is 10.7. The molecule has 2 aliphatic rings. The minimum atomic E-state index is -3.61. The van der Waals surface area contributed by atoms with E-state index < -0.39 is 31.8 Å². The molecule has 2 aromatic rings. The molecule has 0 aliphatic carbocycles. The van der Waals surface area contributed by atoms with E-state index in [0.717, 1.165) is 24.7 Å². The van der Waals surface area contributed by atoms with E-state index >= 15 is 0 Å². The molecular weight excluding hydrogens is 464 g/mol. The third-order valence-electron chi connectivity index (χ3n) is 5.87. The summed E-state index contributed by atoms with van der Waals surface area (Å²) in [6, 6.07) is 11.9. The van der Waals surface area contributed by atoms with Crippen LogP contribution in [0.25, 0.3) is 0 Å². The van der Waals surface area contributed by atoms with Gasteiger partial charge in [0.05, 0.1) is 23.8 Å². The highest BCUT2D eigenvalue weighted by atomic mass is 32.2. The monoisotopic (exact) mass is 490 g/mol. The molecule has 33 heavy (non-hydrogen) atoms. The Labute approximate surface area is 194 Å². The Bertz CT molecular complexity index is 1250. The second-order valence-electron chi connectivity index (χ2n) is 8.09. The lowest BCUT2D eigenvalue weighted by molar-refractivity contribution is 0.0983. The number of nitrogens with zero attached hydrogens (tertiary/aromatic N) is 2. The quantitative estimate of drug-likeness (QED) is 0.617. The fraction of sp³-hybridized carbons (Fsp3) is 0.348. The summed E-state index contributed by atoms with van der Waals surface area (Å²) >= 11 is 0. The maximum atomic E-state index is 13.5. The van der Waals surface area contributed by atoms with Gasteiger partial charge >= 0.3 is 0 Å². The Morgan fingerprint density at radius 1 is 1.00 bits per heavy atom. The van der Waals surface area contributed by atoms with Gasteiger partial charge in [0.25, 0.3) is 5.91 Å². The molecular formula is C23H26N2O6S2. The number of piperidine rings is 1. The number of methoxy groups -OCH3 is 1. The van der Waals surface area contributed by atoms with Gasteiger partial charge in [0.15, 0.2) is 9.84 Å². The highest BCUT2D eigenvalue weighted by molar-refractivity contribution is 7.94. The Morgan fingerprint density at radius 3 is 2.18 bits per heavy atom. The molecule has 0 spiro atoms. The van der Waals surface area contributed by atoms with Gasteiger partial charge in [0.1, 0.15) is 5.75 Å².